The van der Waals surface area contributed by atoms with Crippen molar-refractivity contribution < 1.29 is 14.4 Å². The lowest BCUT2D eigenvalue weighted by atomic mass is 10.1. The summed E-state index contributed by atoms with van der Waals surface area (Å²) in [6.45, 7) is 2.27. The Hall–Kier alpha value is -3.15. The third-order valence-corrected chi connectivity index (χ3v) is 3.66. The van der Waals surface area contributed by atoms with E-state index in [1.807, 2.05) is 31.2 Å². The Labute approximate surface area is 138 Å². The number of pyridine rings is 1. The van der Waals surface area contributed by atoms with Gasteiger partial charge in [0.05, 0.1) is 35.1 Å². The van der Waals surface area contributed by atoms with E-state index in [2.05, 4.69) is 4.98 Å². The average molecular weight is 324 g/mol. The molecular formula is C18H16N2O4. The maximum Gasteiger partial charge on any atom is 0.277 e. The molecule has 1 heterocycles. The molecule has 0 saturated carbocycles. The van der Waals surface area contributed by atoms with Crippen LogP contribution in [0.1, 0.15) is 6.92 Å². The van der Waals surface area contributed by atoms with Gasteiger partial charge in [0.15, 0.2) is 0 Å². The second kappa shape index (κ2) is 6.54. The molecule has 3 rings (SSSR count). The van der Waals surface area contributed by atoms with Crippen molar-refractivity contribution in [1.82, 2.24) is 4.98 Å². The number of hydrogen-bond acceptors (Lipinski definition) is 5. The second-order valence-corrected chi connectivity index (χ2v) is 5.11. The number of aromatic nitrogens is 1. The van der Waals surface area contributed by atoms with E-state index in [4.69, 9.17) is 9.47 Å². The van der Waals surface area contributed by atoms with Crippen LogP contribution < -0.4 is 9.47 Å². The molecule has 0 aliphatic carbocycles. The lowest BCUT2D eigenvalue weighted by Gasteiger charge is -2.11. The highest BCUT2D eigenvalue weighted by molar-refractivity contribution is 5.96. The number of benzene rings is 2. The molecule has 1 aromatic heterocycles. The van der Waals surface area contributed by atoms with Gasteiger partial charge in [0, 0.05) is 11.6 Å². The monoisotopic (exact) mass is 324 g/mol. The van der Waals surface area contributed by atoms with Gasteiger partial charge in [0.1, 0.15) is 5.75 Å². The molecule has 0 spiro atoms. The highest BCUT2D eigenvalue weighted by Crippen LogP contribution is 2.35. The van der Waals surface area contributed by atoms with Gasteiger partial charge in [-0.1, -0.05) is 18.2 Å². The van der Waals surface area contributed by atoms with Gasteiger partial charge in [-0.25, -0.2) is 4.98 Å². The van der Waals surface area contributed by atoms with Gasteiger partial charge in [-0.3, -0.25) is 10.1 Å². The molecule has 0 atom stereocenters. The number of hydrogen-bond donors (Lipinski definition) is 0. The average Bonchev–Trinajstić information content (AvgIpc) is 2.61. The van der Waals surface area contributed by atoms with Crippen LogP contribution in [0, 0.1) is 10.1 Å². The smallest absolute Gasteiger partial charge is 0.277 e. The number of nitrogens with zero attached hydrogens (tertiary/aromatic N) is 2. The van der Waals surface area contributed by atoms with Gasteiger partial charge in [-0.05, 0) is 31.2 Å². The van der Waals surface area contributed by atoms with Crippen LogP contribution in [-0.2, 0) is 0 Å². The van der Waals surface area contributed by atoms with Crippen LogP contribution in [-0.4, -0.2) is 23.6 Å². The fourth-order valence-corrected chi connectivity index (χ4v) is 2.57. The Kier molecular flexibility index (Phi) is 4.29. The summed E-state index contributed by atoms with van der Waals surface area (Å²) in [6.07, 6.45) is 0. The van der Waals surface area contributed by atoms with Gasteiger partial charge in [0.25, 0.3) is 5.69 Å². The van der Waals surface area contributed by atoms with E-state index in [9.17, 15) is 10.1 Å². The first-order chi connectivity index (χ1) is 11.6. The van der Waals surface area contributed by atoms with E-state index in [0.717, 1.165) is 5.56 Å². The van der Waals surface area contributed by atoms with Crippen LogP contribution in [0.4, 0.5) is 5.69 Å². The van der Waals surface area contributed by atoms with Gasteiger partial charge in [-0.2, -0.15) is 0 Å². The van der Waals surface area contributed by atoms with Crippen LogP contribution in [0.15, 0.2) is 48.5 Å². The summed E-state index contributed by atoms with van der Waals surface area (Å²) < 4.78 is 10.8. The molecule has 0 aliphatic rings. The number of nitro benzene ring substituents is 1. The van der Waals surface area contributed by atoms with Gasteiger partial charge < -0.3 is 9.47 Å². The third-order valence-electron chi connectivity index (χ3n) is 3.66. The van der Waals surface area contributed by atoms with Crippen molar-refractivity contribution in [2.24, 2.45) is 0 Å². The van der Waals surface area contributed by atoms with Gasteiger partial charge >= 0.3 is 0 Å². The minimum absolute atomic E-state index is 0.0278. The Morgan fingerprint density at radius 2 is 1.92 bits per heavy atom. The van der Waals surface area contributed by atoms with E-state index in [1.54, 1.807) is 25.3 Å². The Morgan fingerprint density at radius 3 is 2.62 bits per heavy atom. The molecule has 0 fully saturated rings. The lowest BCUT2D eigenvalue weighted by Crippen LogP contribution is -1.99. The van der Waals surface area contributed by atoms with Crippen molar-refractivity contribution in [2.45, 2.75) is 6.92 Å². The molecule has 0 aliphatic heterocycles. The molecule has 0 unspecified atom stereocenters. The Balaban J connectivity index is 2.28. The van der Waals surface area contributed by atoms with Crippen molar-refractivity contribution in [3.05, 3.63) is 58.6 Å². The zero-order valence-electron chi connectivity index (χ0n) is 13.4. The fraction of sp³-hybridized carbons (Fsp3) is 0.167. The van der Waals surface area contributed by atoms with Crippen molar-refractivity contribution in [3.63, 3.8) is 0 Å². The summed E-state index contributed by atoms with van der Waals surface area (Å²) in [5, 5.41) is 12.5. The molecule has 0 bridgehead atoms. The Bertz CT molecular complexity index is 909. The molecule has 0 N–H and O–H groups in total. The summed E-state index contributed by atoms with van der Waals surface area (Å²) >= 11 is 0. The summed E-state index contributed by atoms with van der Waals surface area (Å²) in [5.74, 6) is 1.08. The first-order valence-electron chi connectivity index (χ1n) is 7.49. The first-order valence-corrected chi connectivity index (χ1v) is 7.49. The van der Waals surface area contributed by atoms with Crippen molar-refractivity contribution in [2.75, 3.05) is 13.7 Å². The number of fused-ring (bicyclic) bond motifs is 1. The molecule has 3 aromatic rings. The third kappa shape index (κ3) is 2.86. The minimum Gasteiger partial charge on any atom is -0.497 e. The SMILES string of the molecule is CCOc1nc(-c2cccc(OC)c2)cc2c([N+](=O)[O-])cccc12. The topological polar surface area (TPSA) is 74.5 Å². The summed E-state index contributed by atoms with van der Waals surface area (Å²) in [5.41, 5.74) is 1.43. The van der Waals surface area contributed by atoms with E-state index in [-0.39, 0.29) is 5.69 Å². The van der Waals surface area contributed by atoms with Crippen LogP contribution in [0.2, 0.25) is 0 Å². The van der Waals surface area contributed by atoms with E-state index in [0.29, 0.717) is 34.7 Å². The molecule has 6 nitrogen and oxygen atoms in total. The molecule has 122 valence electrons. The number of non-ortho nitro benzene ring substituents is 1. The van der Waals surface area contributed by atoms with Crippen molar-refractivity contribution in [3.8, 4) is 22.9 Å². The van der Waals surface area contributed by atoms with E-state index in [1.165, 1.54) is 6.07 Å². The highest BCUT2D eigenvalue weighted by atomic mass is 16.6. The summed E-state index contributed by atoms with van der Waals surface area (Å²) in [7, 11) is 1.59. The highest BCUT2D eigenvalue weighted by Gasteiger charge is 2.17. The minimum atomic E-state index is -0.395. The normalized spacial score (nSPS) is 10.6. The second-order valence-electron chi connectivity index (χ2n) is 5.11. The summed E-state index contributed by atoms with van der Waals surface area (Å²) in [6, 6.07) is 14.0. The number of methoxy groups -OCH3 is 1. The zero-order valence-corrected chi connectivity index (χ0v) is 13.4. The number of ether oxygens (including phenoxy) is 2. The van der Waals surface area contributed by atoms with Crippen molar-refractivity contribution in [1.29, 1.82) is 0 Å². The van der Waals surface area contributed by atoms with E-state index < -0.39 is 4.92 Å². The van der Waals surface area contributed by atoms with Crippen LogP contribution >= 0.6 is 0 Å². The molecule has 0 radical (unpaired) electrons. The van der Waals surface area contributed by atoms with E-state index >= 15 is 0 Å². The summed E-state index contributed by atoms with van der Waals surface area (Å²) in [4.78, 5) is 15.5. The molecule has 0 amide bonds. The predicted octanol–water partition coefficient (Wildman–Crippen LogP) is 4.22. The zero-order chi connectivity index (χ0) is 17.1. The maximum absolute atomic E-state index is 11.4. The lowest BCUT2D eigenvalue weighted by molar-refractivity contribution is -0.383. The fourth-order valence-electron chi connectivity index (χ4n) is 2.57. The Morgan fingerprint density at radius 1 is 1.12 bits per heavy atom. The maximum atomic E-state index is 11.4. The standard InChI is InChI=1S/C18H16N2O4/c1-3-24-18-14-8-5-9-17(20(21)22)15(14)11-16(19-18)12-6-4-7-13(10-12)23-2/h4-11H,3H2,1-2H3. The largest absolute Gasteiger partial charge is 0.497 e. The molecule has 6 heteroatoms. The first kappa shape index (κ1) is 15.7. The van der Waals surface area contributed by atoms with Crippen LogP contribution in [0.25, 0.3) is 22.0 Å². The van der Waals surface area contributed by atoms with Gasteiger partial charge in [-0.15, -0.1) is 0 Å². The number of rotatable bonds is 5. The van der Waals surface area contributed by atoms with Crippen molar-refractivity contribution >= 4 is 16.5 Å². The van der Waals surface area contributed by atoms with Crippen LogP contribution in [0.5, 0.6) is 11.6 Å². The quantitative estimate of drug-likeness (QED) is 0.519. The molecule has 0 saturated heterocycles. The predicted molar refractivity (Wildman–Crippen MR) is 91.6 cm³/mol. The van der Waals surface area contributed by atoms with Crippen LogP contribution in [0.3, 0.4) is 0 Å². The molecule has 24 heavy (non-hydrogen) atoms. The molecule has 2 aromatic carbocycles. The number of nitro groups is 1. The van der Waals surface area contributed by atoms with Gasteiger partial charge in [0.2, 0.25) is 5.88 Å². The molecular weight excluding hydrogens is 308 g/mol.